The van der Waals surface area contributed by atoms with Gasteiger partial charge in [-0.15, -0.1) is 0 Å². The van der Waals surface area contributed by atoms with Crippen LogP contribution in [-0.2, 0) is 25.7 Å². The van der Waals surface area contributed by atoms with Crippen LogP contribution >= 0.6 is 0 Å². The molecule has 7 aromatic rings. The first-order chi connectivity index (χ1) is 29.7. The second-order valence-corrected chi connectivity index (χ2v) is 18.3. The lowest BCUT2D eigenvalue weighted by Gasteiger charge is -2.26. The van der Waals surface area contributed by atoms with Crippen molar-refractivity contribution in [3.63, 3.8) is 0 Å². The number of fused-ring (bicyclic) bond motifs is 6. The van der Waals surface area contributed by atoms with Crippen LogP contribution in [0.1, 0.15) is 129 Å². The molecule has 9 rings (SSSR count). The Balaban J connectivity index is 1.16. The van der Waals surface area contributed by atoms with Crippen molar-refractivity contribution in [3.05, 3.63) is 184 Å². The number of nitrogens with one attached hydrogen (secondary N) is 2. The summed E-state index contributed by atoms with van der Waals surface area (Å²) in [5.74, 6) is 0.836. The Bertz CT molecular complexity index is 2690. The van der Waals surface area contributed by atoms with E-state index in [9.17, 15) is 0 Å². The van der Waals surface area contributed by atoms with Gasteiger partial charge in [-0.3, -0.25) is 4.98 Å². The zero-order chi connectivity index (χ0) is 42.2. The summed E-state index contributed by atoms with van der Waals surface area (Å²) in [7, 11) is 0. The molecule has 308 valence electrons. The summed E-state index contributed by atoms with van der Waals surface area (Å²) in [6, 6.07) is 50.3. The number of nitrogens with zero attached hydrogens (tertiary/aromatic N) is 1. The quantitative estimate of drug-likeness (QED) is 0.145. The van der Waals surface area contributed by atoms with E-state index in [0.717, 1.165) is 43.5 Å². The first-order valence-corrected chi connectivity index (χ1v) is 22.8. The third kappa shape index (κ3) is 7.92. The second-order valence-electron chi connectivity index (χ2n) is 18.3. The fraction of sp³-hybridized carbons (Fsp3) is 0.293. The molecule has 2 unspecified atom stereocenters. The predicted molar refractivity (Wildman–Crippen MR) is 260 cm³/mol. The van der Waals surface area contributed by atoms with Gasteiger partial charge in [0, 0.05) is 16.9 Å². The van der Waals surface area contributed by atoms with Crippen LogP contribution in [0.15, 0.2) is 133 Å². The zero-order valence-corrected chi connectivity index (χ0v) is 37.2. The van der Waals surface area contributed by atoms with Gasteiger partial charge in [0.05, 0.1) is 23.5 Å². The maximum Gasteiger partial charge on any atom is 0.0657 e. The van der Waals surface area contributed by atoms with E-state index in [-0.39, 0.29) is 12.1 Å². The van der Waals surface area contributed by atoms with Crippen molar-refractivity contribution in [2.75, 3.05) is 10.6 Å². The first kappa shape index (κ1) is 40.5. The van der Waals surface area contributed by atoms with E-state index >= 15 is 0 Å². The number of benzene rings is 6. The maximum absolute atomic E-state index is 5.38. The van der Waals surface area contributed by atoms with Gasteiger partial charge in [-0.1, -0.05) is 137 Å². The molecule has 2 N–H and O–H groups in total. The van der Waals surface area contributed by atoms with E-state index in [1.807, 2.05) is 0 Å². The lowest BCUT2D eigenvalue weighted by molar-refractivity contribution is 0.768. The van der Waals surface area contributed by atoms with E-state index in [4.69, 9.17) is 4.98 Å². The number of aryl methyl sites for hydroxylation is 5. The SMILES string of the molecule is Cc1cc(-c2cccc3c2-c2ccccc2CCC3)cc(-c2cccc3c2-c2ccccc2CCC3)c1NC(C)c1cccc(C(C)Nc2c(C(C)C)cccc2C(C)C)n1. The molecule has 0 fully saturated rings. The molecule has 3 heteroatoms. The fourth-order valence-corrected chi connectivity index (χ4v) is 10.2. The molecule has 6 aromatic carbocycles. The van der Waals surface area contributed by atoms with Crippen molar-refractivity contribution in [3.8, 4) is 44.5 Å². The molecular weight excluding hydrogens is 739 g/mol. The van der Waals surface area contributed by atoms with E-state index in [2.05, 4.69) is 193 Å². The van der Waals surface area contributed by atoms with Gasteiger partial charge >= 0.3 is 0 Å². The molecule has 0 bridgehead atoms. The smallest absolute Gasteiger partial charge is 0.0657 e. The Morgan fingerprint density at radius 3 is 1.44 bits per heavy atom. The average Bonchev–Trinajstić information content (AvgIpc) is 3.59. The third-order valence-electron chi connectivity index (χ3n) is 13.4. The van der Waals surface area contributed by atoms with Crippen LogP contribution < -0.4 is 10.6 Å². The summed E-state index contributed by atoms with van der Waals surface area (Å²) in [6.45, 7) is 15.9. The summed E-state index contributed by atoms with van der Waals surface area (Å²) in [5.41, 5.74) is 24.8. The van der Waals surface area contributed by atoms with E-state index in [1.54, 1.807) is 0 Å². The molecule has 0 spiro atoms. The number of rotatable bonds is 10. The molecule has 0 saturated carbocycles. The standard InChI is InChI=1S/C58H61N3/c1-36(2)46-28-16-29-47(37(3)4)58(46)60-40(7)54-33-17-32-53(61-54)39(6)59-57-38(5)34-45(50-30-14-24-43-22-12-20-41-18-8-10-26-48(41)55(43)50)35-52(57)51-31-15-25-44-23-13-21-42-19-9-11-27-49(42)56(44)51/h8-11,14-19,24-37,39-40,59-60H,12-13,20-23H2,1-7H3. The average molecular weight is 800 g/mol. The normalized spacial score (nSPS) is 14.2. The lowest BCUT2D eigenvalue weighted by atomic mass is 9.84. The minimum absolute atomic E-state index is 0.0344. The van der Waals surface area contributed by atoms with Gasteiger partial charge in [0.2, 0.25) is 0 Å². The minimum Gasteiger partial charge on any atom is -0.376 e. The largest absolute Gasteiger partial charge is 0.376 e. The van der Waals surface area contributed by atoms with Crippen LogP contribution in [0, 0.1) is 6.92 Å². The molecule has 2 aliphatic rings. The van der Waals surface area contributed by atoms with E-state index < -0.39 is 0 Å². The highest BCUT2D eigenvalue weighted by molar-refractivity contribution is 5.97. The van der Waals surface area contributed by atoms with Crippen molar-refractivity contribution in [1.82, 2.24) is 4.98 Å². The van der Waals surface area contributed by atoms with Crippen molar-refractivity contribution in [2.45, 2.75) is 111 Å². The minimum atomic E-state index is -0.0425. The highest BCUT2D eigenvalue weighted by atomic mass is 15.0. The van der Waals surface area contributed by atoms with Crippen LogP contribution in [0.5, 0.6) is 0 Å². The molecule has 0 saturated heterocycles. The first-order valence-electron chi connectivity index (χ1n) is 22.8. The summed E-state index contributed by atoms with van der Waals surface area (Å²) in [5, 5.41) is 8.01. The Kier molecular flexibility index (Phi) is 11.4. The molecule has 1 heterocycles. The molecule has 1 aromatic heterocycles. The molecule has 3 nitrogen and oxygen atoms in total. The summed E-state index contributed by atoms with van der Waals surface area (Å²) in [4.78, 5) is 5.38. The summed E-state index contributed by atoms with van der Waals surface area (Å²) in [6.07, 6.45) is 6.69. The number of hydrogen-bond acceptors (Lipinski definition) is 3. The van der Waals surface area contributed by atoms with Crippen molar-refractivity contribution < 1.29 is 0 Å². The fourth-order valence-electron chi connectivity index (χ4n) is 10.2. The monoisotopic (exact) mass is 799 g/mol. The maximum atomic E-state index is 5.38. The number of hydrogen-bond donors (Lipinski definition) is 2. The van der Waals surface area contributed by atoms with Crippen LogP contribution in [0.3, 0.4) is 0 Å². The van der Waals surface area contributed by atoms with Gasteiger partial charge in [-0.05, 0) is 173 Å². The van der Waals surface area contributed by atoms with Gasteiger partial charge in [0.25, 0.3) is 0 Å². The van der Waals surface area contributed by atoms with Crippen molar-refractivity contribution >= 4 is 11.4 Å². The molecule has 2 aliphatic carbocycles. The van der Waals surface area contributed by atoms with Crippen molar-refractivity contribution in [1.29, 1.82) is 0 Å². The van der Waals surface area contributed by atoms with Crippen LogP contribution in [0.4, 0.5) is 11.4 Å². The van der Waals surface area contributed by atoms with Crippen LogP contribution in [0.25, 0.3) is 44.5 Å². The van der Waals surface area contributed by atoms with E-state index in [0.29, 0.717) is 11.8 Å². The highest BCUT2D eigenvalue weighted by Crippen LogP contribution is 2.47. The number of anilines is 2. The van der Waals surface area contributed by atoms with Crippen LogP contribution in [-0.4, -0.2) is 4.98 Å². The van der Waals surface area contributed by atoms with Gasteiger partial charge < -0.3 is 10.6 Å². The van der Waals surface area contributed by atoms with Crippen LogP contribution in [0.2, 0.25) is 0 Å². The van der Waals surface area contributed by atoms with Gasteiger partial charge in [0.1, 0.15) is 0 Å². The highest BCUT2D eigenvalue weighted by Gasteiger charge is 2.25. The Hall–Kier alpha value is -5.93. The summed E-state index contributed by atoms with van der Waals surface area (Å²) < 4.78 is 0. The third-order valence-corrected chi connectivity index (χ3v) is 13.4. The number of para-hydroxylation sites is 1. The summed E-state index contributed by atoms with van der Waals surface area (Å²) >= 11 is 0. The second kappa shape index (κ2) is 17.2. The molecule has 0 aliphatic heterocycles. The predicted octanol–water partition coefficient (Wildman–Crippen LogP) is 15.6. The Morgan fingerprint density at radius 2 is 0.869 bits per heavy atom. The zero-order valence-electron chi connectivity index (χ0n) is 37.2. The van der Waals surface area contributed by atoms with Crippen molar-refractivity contribution in [2.24, 2.45) is 0 Å². The Labute approximate surface area is 364 Å². The molecule has 61 heavy (non-hydrogen) atoms. The molecule has 0 amide bonds. The Morgan fingerprint density at radius 1 is 0.426 bits per heavy atom. The molecule has 2 atom stereocenters. The van der Waals surface area contributed by atoms with Gasteiger partial charge in [-0.25, -0.2) is 0 Å². The molecular formula is C58H61N3. The van der Waals surface area contributed by atoms with Gasteiger partial charge in [0.15, 0.2) is 0 Å². The van der Waals surface area contributed by atoms with Gasteiger partial charge in [-0.2, -0.15) is 0 Å². The van der Waals surface area contributed by atoms with E-state index in [1.165, 1.54) is 101 Å². The lowest BCUT2D eigenvalue weighted by Crippen LogP contribution is -2.16. The molecule has 0 radical (unpaired) electrons. The topological polar surface area (TPSA) is 37.0 Å². The number of aromatic nitrogens is 1. The number of pyridine rings is 1.